The Balaban J connectivity index is 1.89. The second-order valence-corrected chi connectivity index (χ2v) is 6.26. The summed E-state index contributed by atoms with van der Waals surface area (Å²) in [4.78, 5) is 2.50. The Labute approximate surface area is 114 Å². The lowest BCUT2D eigenvalue weighted by Crippen LogP contribution is -2.41. The molecule has 0 radical (unpaired) electrons. The van der Waals surface area contributed by atoms with Crippen LogP contribution in [0, 0.1) is 11.3 Å². The molecule has 0 aliphatic carbocycles. The van der Waals surface area contributed by atoms with Crippen LogP contribution in [0.5, 0.6) is 0 Å². The van der Waals surface area contributed by atoms with Gasteiger partial charge in [0.05, 0.1) is 6.07 Å². The molecule has 1 aromatic rings. The number of hydrogen-bond donors (Lipinski definition) is 0. The van der Waals surface area contributed by atoms with Crippen LogP contribution in [0.15, 0.2) is 30.3 Å². The Morgan fingerprint density at radius 1 is 1.28 bits per heavy atom. The summed E-state index contributed by atoms with van der Waals surface area (Å²) in [7, 11) is 0. The monoisotopic (exact) mass is 260 g/mol. The first-order valence-electron chi connectivity index (χ1n) is 6.46. The predicted octanol–water partition coefficient (Wildman–Crippen LogP) is 3.30. The lowest BCUT2D eigenvalue weighted by Gasteiger charge is -2.39. The normalized spacial score (nSPS) is 19.3. The summed E-state index contributed by atoms with van der Waals surface area (Å²) in [5.74, 6) is 0. The van der Waals surface area contributed by atoms with Crippen LogP contribution >= 0.6 is 11.8 Å². The van der Waals surface area contributed by atoms with Gasteiger partial charge in [-0.2, -0.15) is 17.0 Å². The molecule has 1 heterocycles. The van der Waals surface area contributed by atoms with Crippen molar-refractivity contribution in [3.8, 4) is 6.07 Å². The van der Waals surface area contributed by atoms with Crippen LogP contribution in [0.1, 0.15) is 24.8 Å². The third kappa shape index (κ3) is 3.28. The van der Waals surface area contributed by atoms with Crippen molar-refractivity contribution < 1.29 is 0 Å². The van der Waals surface area contributed by atoms with Crippen LogP contribution < -0.4 is 0 Å². The number of hydrogen-bond acceptors (Lipinski definition) is 3. The quantitative estimate of drug-likeness (QED) is 0.831. The summed E-state index contributed by atoms with van der Waals surface area (Å²) in [5, 5.41) is 8.94. The number of rotatable bonds is 4. The van der Waals surface area contributed by atoms with Gasteiger partial charge in [0.25, 0.3) is 0 Å². The van der Waals surface area contributed by atoms with E-state index in [0.29, 0.717) is 6.42 Å². The summed E-state index contributed by atoms with van der Waals surface area (Å²) < 4.78 is 0.210. The Kier molecular flexibility index (Phi) is 4.68. The molecule has 0 amide bonds. The summed E-state index contributed by atoms with van der Waals surface area (Å²) in [6, 6.07) is 13.0. The third-order valence-corrected chi connectivity index (χ3v) is 5.27. The van der Waals surface area contributed by atoms with Crippen molar-refractivity contribution in [1.82, 2.24) is 4.90 Å². The second-order valence-electron chi connectivity index (χ2n) is 4.98. The van der Waals surface area contributed by atoms with E-state index in [0.717, 1.165) is 32.5 Å². The van der Waals surface area contributed by atoms with Gasteiger partial charge in [0.15, 0.2) is 0 Å². The van der Waals surface area contributed by atoms with E-state index in [1.165, 1.54) is 5.56 Å². The molecule has 1 saturated heterocycles. The molecule has 96 valence electrons. The van der Waals surface area contributed by atoms with Crippen molar-refractivity contribution in [3.63, 3.8) is 0 Å². The molecule has 2 rings (SSSR count). The number of nitrogens with zero attached hydrogens (tertiary/aromatic N) is 2. The molecule has 0 spiro atoms. The summed E-state index contributed by atoms with van der Waals surface area (Å²) >= 11 is 1.88. The fourth-order valence-electron chi connectivity index (χ4n) is 2.56. The molecule has 18 heavy (non-hydrogen) atoms. The fraction of sp³-hybridized carbons (Fsp3) is 0.533. The number of likely N-dealkylation sites (tertiary alicyclic amines) is 1. The van der Waals surface area contributed by atoms with Crippen molar-refractivity contribution in [1.29, 1.82) is 5.26 Å². The zero-order valence-electron chi connectivity index (χ0n) is 10.9. The summed E-state index contributed by atoms with van der Waals surface area (Å²) in [6.45, 7) is 3.26. The SMILES string of the molecule is CSC1(CC#N)CCN(Cc2ccccc2)CC1. The topological polar surface area (TPSA) is 27.0 Å². The molecule has 1 fully saturated rings. The van der Waals surface area contributed by atoms with Crippen LogP contribution in [0.4, 0.5) is 0 Å². The molecular formula is C15H20N2S. The largest absolute Gasteiger partial charge is 0.299 e. The molecule has 0 bridgehead atoms. The minimum atomic E-state index is 0.210. The van der Waals surface area contributed by atoms with Gasteiger partial charge in [-0.05, 0) is 37.8 Å². The molecule has 0 N–H and O–H groups in total. The molecule has 1 aromatic carbocycles. The average Bonchev–Trinajstić information content (AvgIpc) is 2.43. The number of nitriles is 1. The first-order chi connectivity index (χ1) is 8.78. The molecule has 0 saturated carbocycles. The number of benzene rings is 1. The first-order valence-corrected chi connectivity index (χ1v) is 7.69. The van der Waals surface area contributed by atoms with Crippen LogP contribution in [-0.2, 0) is 6.54 Å². The fourth-order valence-corrected chi connectivity index (χ4v) is 3.36. The molecular weight excluding hydrogens is 240 g/mol. The van der Waals surface area contributed by atoms with Crippen molar-refractivity contribution >= 4 is 11.8 Å². The molecule has 0 unspecified atom stereocenters. The Hall–Kier alpha value is -0.980. The molecule has 2 nitrogen and oxygen atoms in total. The Bertz CT molecular complexity index is 402. The Morgan fingerprint density at radius 2 is 1.94 bits per heavy atom. The maximum absolute atomic E-state index is 8.94. The highest BCUT2D eigenvalue weighted by molar-refractivity contribution is 8.00. The van der Waals surface area contributed by atoms with Crippen molar-refractivity contribution in [2.45, 2.75) is 30.6 Å². The Morgan fingerprint density at radius 3 is 2.50 bits per heavy atom. The van der Waals surface area contributed by atoms with Crippen LogP contribution in [-0.4, -0.2) is 29.0 Å². The standard InChI is InChI=1S/C15H20N2S/c1-18-15(7-10-16)8-11-17(12-9-15)13-14-5-3-2-4-6-14/h2-6H,7-9,11-13H2,1H3. The van der Waals surface area contributed by atoms with E-state index < -0.39 is 0 Å². The van der Waals surface area contributed by atoms with Gasteiger partial charge in [-0.3, -0.25) is 4.90 Å². The molecule has 0 aromatic heterocycles. The van der Waals surface area contributed by atoms with Crippen LogP contribution in [0.3, 0.4) is 0 Å². The zero-order chi connectivity index (χ0) is 12.8. The smallest absolute Gasteiger partial charge is 0.0636 e. The number of piperidine rings is 1. The van der Waals surface area contributed by atoms with Crippen LogP contribution in [0.2, 0.25) is 0 Å². The second kappa shape index (κ2) is 6.26. The maximum Gasteiger partial charge on any atom is 0.0636 e. The lowest BCUT2D eigenvalue weighted by atomic mass is 9.92. The summed E-state index contributed by atoms with van der Waals surface area (Å²) in [5.41, 5.74) is 1.38. The third-order valence-electron chi connectivity index (χ3n) is 3.85. The van der Waals surface area contributed by atoms with E-state index in [2.05, 4.69) is 47.6 Å². The van der Waals surface area contributed by atoms with Crippen LogP contribution in [0.25, 0.3) is 0 Å². The van der Waals surface area contributed by atoms with Gasteiger partial charge in [0.1, 0.15) is 0 Å². The first kappa shape index (κ1) is 13.5. The van der Waals surface area contributed by atoms with E-state index in [4.69, 9.17) is 5.26 Å². The lowest BCUT2D eigenvalue weighted by molar-refractivity contribution is 0.194. The minimum Gasteiger partial charge on any atom is -0.299 e. The van der Waals surface area contributed by atoms with Crippen molar-refractivity contribution in [3.05, 3.63) is 35.9 Å². The van der Waals surface area contributed by atoms with Gasteiger partial charge in [-0.25, -0.2) is 0 Å². The van der Waals surface area contributed by atoms with E-state index in [9.17, 15) is 0 Å². The highest BCUT2D eigenvalue weighted by atomic mass is 32.2. The van der Waals surface area contributed by atoms with Gasteiger partial charge in [0.2, 0.25) is 0 Å². The zero-order valence-corrected chi connectivity index (χ0v) is 11.7. The highest BCUT2D eigenvalue weighted by Crippen LogP contribution is 2.37. The van der Waals surface area contributed by atoms with E-state index in [1.807, 2.05) is 11.8 Å². The van der Waals surface area contributed by atoms with Crippen molar-refractivity contribution in [2.75, 3.05) is 19.3 Å². The van der Waals surface area contributed by atoms with Gasteiger partial charge in [-0.15, -0.1) is 0 Å². The number of thioether (sulfide) groups is 1. The van der Waals surface area contributed by atoms with E-state index >= 15 is 0 Å². The van der Waals surface area contributed by atoms with Gasteiger partial charge in [-0.1, -0.05) is 30.3 Å². The minimum absolute atomic E-state index is 0.210. The molecule has 1 aliphatic rings. The molecule has 0 atom stereocenters. The predicted molar refractivity (Wildman–Crippen MR) is 77.4 cm³/mol. The molecule has 3 heteroatoms. The van der Waals surface area contributed by atoms with Gasteiger partial charge in [0, 0.05) is 17.7 Å². The maximum atomic E-state index is 8.94. The summed E-state index contributed by atoms with van der Waals surface area (Å²) in [6.07, 6.45) is 5.10. The van der Waals surface area contributed by atoms with Gasteiger partial charge >= 0.3 is 0 Å². The highest BCUT2D eigenvalue weighted by Gasteiger charge is 2.33. The van der Waals surface area contributed by atoms with Gasteiger partial charge < -0.3 is 0 Å². The van der Waals surface area contributed by atoms with Crippen molar-refractivity contribution in [2.24, 2.45) is 0 Å². The average molecular weight is 260 g/mol. The molecule has 1 aliphatic heterocycles. The van der Waals surface area contributed by atoms with E-state index in [-0.39, 0.29) is 4.75 Å². The van der Waals surface area contributed by atoms with E-state index in [1.54, 1.807) is 0 Å².